The Morgan fingerprint density at radius 3 is 2.24 bits per heavy atom. The average molecular weight is 451 g/mol. The summed E-state index contributed by atoms with van der Waals surface area (Å²) in [4.78, 5) is 15.7. The van der Waals surface area contributed by atoms with Crippen molar-refractivity contribution < 1.29 is 18.0 Å². The van der Waals surface area contributed by atoms with E-state index in [0.717, 1.165) is 12.1 Å². The van der Waals surface area contributed by atoms with Gasteiger partial charge in [-0.2, -0.15) is 23.7 Å². The molecule has 0 aromatic heterocycles. The number of allylic oxidation sites excluding steroid dienone is 2. The Morgan fingerprint density at radius 2 is 1.73 bits per heavy atom. The number of carbonyl (C=O) groups excluding carboxylic acids is 1. The predicted molar refractivity (Wildman–Crippen MR) is 116 cm³/mol. The molecule has 6 nitrogen and oxygen atoms in total. The summed E-state index contributed by atoms with van der Waals surface area (Å²) in [6, 6.07) is 14.9. The van der Waals surface area contributed by atoms with E-state index in [1.807, 2.05) is 6.07 Å². The van der Waals surface area contributed by atoms with E-state index >= 15 is 0 Å². The van der Waals surface area contributed by atoms with Gasteiger partial charge in [0.1, 0.15) is 11.8 Å². The van der Waals surface area contributed by atoms with Crippen molar-refractivity contribution in [3.8, 4) is 12.1 Å². The van der Waals surface area contributed by atoms with E-state index in [1.54, 1.807) is 31.2 Å². The van der Waals surface area contributed by atoms with Gasteiger partial charge >= 0.3 is 6.18 Å². The molecule has 0 aliphatic carbocycles. The minimum Gasteiger partial charge on any atom is -0.348 e. The van der Waals surface area contributed by atoms with E-state index in [0.29, 0.717) is 11.1 Å². The van der Waals surface area contributed by atoms with Crippen LogP contribution in [0.4, 0.5) is 18.9 Å². The number of anilines is 1. The van der Waals surface area contributed by atoms with Crippen LogP contribution < -0.4 is 4.90 Å². The lowest BCUT2D eigenvalue weighted by atomic mass is 9.75. The summed E-state index contributed by atoms with van der Waals surface area (Å²) < 4.78 is 39.9. The lowest BCUT2D eigenvalue weighted by Gasteiger charge is -2.41. The molecule has 168 valence electrons. The van der Waals surface area contributed by atoms with E-state index < -0.39 is 29.5 Å². The molecule has 2 aromatic carbocycles. The van der Waals surface area contributed by atoms with Crippen LogP contribution in [0, 0.1) is 34.0 Å². The SMILES string of the molecule is CC1=C(C#N)C(c2ccc(C#N)cc2)C(C(=O)N(C)C)C(=N)N1c1cccc(C(F)(F)F)c1. The van der Waals surface area contributed by atoms with Gasteiger partial charge in [0, 0.05) is 31.4 Å². The number of amidine groups is 1. The smallest absolute Gasteiger partial charge is 0.348 e. The normalized spacial score (nSPS) is 18.5. The third kappa shape index (κ3) is 4.31. The number of halogens is 3. The van der Waals surface area contributed by atoms with Crippen LogP contribution >= 0.6 is 0 Å². The van der Waals surface area contributed by atoms with Crippen LogP contribution in [0.1, 0.15) is 29.5 Å². The van der Waals surface area contributed by atoms with Crippen LogP contribution in [0.25, 0.3) is 0 Å². The molecule has 0 saturated heterocycles. The maximum Gasteiger partial charge on any atom is 0.416 e. The first-order chi connectivity index (χ1) is 15.5. The first-order valence-corrected chi connectivity index (χ1v) is 9.89. The minimum absolute atomic E-state index is 0.0370. The number of carbonyl (C=O) groups is 1. The monoisotopic (exact) mass is 451 g/mol. The largest absolute Gasteiger partial charge is 0.416 e. The fourth-order valence-electron chi connectivity index (χ4n) is 3.96. The van der Waals surface area contributed by atoms with Crippen molar-refractivity contribution >= 4 is 17.4 Å². The minimum atomic E-state index is -4.59. The van der Waals surface area contributed by atoms with Crippen molar-refractivity contribution in [2.24, 2.45) is 5.92 Å². The molecule has 2 atom stereocenters. The van der Waals surface area contributed by atoms with Gasteiger partial charge in [-0.05, 0) is 42.8 Å². The first-order valence-electron chi connectivity index (χ1n) is 9.89. The number of nitrogens with zero attached hydrogens (tertiary/aromatic N) is 4. The summed E-state index contributed by atoms with van der Waals surface area (Å²) in [5.74, 6) is -2.68. The summed E-state index contributed by atoms with van der Waals surface area (Å²) in [6.07, 6.45) is -4.59. The number of hydrogen-bond donors (Lipinski definition) is 1. The number of rotatable bonds is 3. The van der Waals surface area contributed by atoms with Gasteiger partial charge in [0.25, 0.3) is 0 Å². The summed E-state index contributed by atoms with van der Waals surface area (Å²) in [7, 11) is 3.02. The Hall–Kier alpha value is -4.11. The number of nitriles is 2. The van der Waals surface area contributed by atoms with Gasteiger partial charge in [0.15, 0.2) is 0 Å². The van der Waals surface area contributed by atoms with Crippen LogP contribution in [0.5, 0.6) is 0 Å². The Labute approximate surface area is 189 Å². The molecular formula is C24H20F3N5O. The molecule has 0 fully saturated rings. The zero-order valence-corrected chi connectivity index (χ0v) is 18.1. The van der Waals surface area contributed by atoms with Crippen LogP contribution in [-0.4, -0.2) is 30.7 Å². The average Bonchev–Trinajstić information content (AvgIpc) is 2.78. The van der Waals surface area contributed by atoms with E-state index in [-0.39, 0.29) is 22.8 Å². The van der Waals surface area contributed by atoms with Crippen LogP contribution in [0.2, 0.25) is 0 Å². The molecule has 3 rings (SSSR count). The zero-order chi connectivity index (χ0) is 24.5. The van der Waals surface area contributed by atoms with Crippen LogP contribution in [-0.2, 0) is 11.0 Å². The quantitative estimate of drug-likeness (QED) is 0.734. The molecular weight excluding hydrogens is 431 g/mol. The van der Waals surface area contributed by atoms with Gasteiger partial charge in [0.2, 0.25) is 5.91 Å². The van der Waals surface area contributed by atoms with E-state index in [1.165, 1.54) is 36.0 Å². The lowest BCUT2D eigenvalue weighted by molar-refractivity contribution is -0.137. The molecule has 0 bridgehead atoms. The van der Waals surface area contributed by atoms with E-state index in [4.69, 9.17) is 10.7 Å². The third-order valence-corrected chi connectivity index (χ3v) is 5.56. The lowest BCUT2D eigenvalue weighted by Crippen LogP contribution is -2.49. The molecule has 1 N–H and O–H groups in total. The standard InChI is InChI=1S/C24H20F3N5O/c1-14-19(13-29)20(16-9-7-15(12-28)8-10-16)21(23(33)31(2)3)22(30)32(14)18-6-4-5-17(11-18)24(25,26)27/h4-11,20-21,30H,1-3H3. The van der Waals surface area contributed by atoms with Gasteiger partial charge in [-0.1, -0.05) is 18.2 Å². The molecule has 2 aromatic rings. The van der Waals surface area contributed by atoms with Crippen molar-refractivity contribution in [1.29, 1.82) is 15.9 Å². The van der Waals surface area contributed by atoms with Crippen molar-refractivity contribution in [2.45, 2.75) is 19.0 Å². The molecule has 1 heterocycles. The molecule has 0 spiro atoms. The number of benzene rings is 2. The fraction of sp³-hybridized carbons (Fsp3) is 0.250. The summed E-state index contributed by atoms with van der Waals surface area (Å²) in [5.41, 5.74) is 0.509. The number of amides is 1. The Kier molecular flexibility index (Phi) is 6.28. The second kappa shape index (κ2) is 8.79. The third-order valence-electron chi connectivity index (χ3n) is 5.56. The highest BCUT2D eigenvalue weighted by Crippen LogP contribution is 2.43. The Morgan fingerprint density at radius 1 is 1.09 bits per heavy atom. The van der Waals surface area contributed by atoms with Gasteiger partial charge < -0.3 is 9.80 Å². The Balaban J connectivity index is 2.25. The first kappa shape index (κ1) is 23.6. The molecule has 9 heteroatoms. The molecule has 1 amide bonds. The summed E-state index contributed by atoms with van der Waals surface area (Å²) in [6.45, 7) is 1.54. The maximum absolute atomic E-state index is 13.3. The van der Waals surface area contributed by atoms with Crippen molar-refractivity contribution in [3.05, 3.63) is 76.5 Å². The van der Waals surface area contributed by atoms with Gasteiger partial charge in [-0.15, -0.1) is 0 Å². The number of hydrogen-bond acceptors (Lipinski definition) is 4. The maximum atomic E-state index is 13.3. The summed E-state index contributed by atoms with van der Waals surface area (Å²) in [5, 5.41) is 27.9. The molecule has 0 radical (unpaired) electrons. The highest BCUT2D eigenvalue weighted by Gasteiger charge is 2.45. The second-order valence-corrected chi connectivity index (χ2v) is 7.80. The molecule has 0 saturated carbocycles. The van der Waals surface area contributed by atoms with Crippen molar-refractivity contribution in [2.75, 3.05) is 19.0 Å². The molecule has 33 heavy (non-hydrogen) atoms. The summed E-state index contributed by atoms with van der Waals surface area (Å²) >= 11 is 0. The van der Waals surface area contributed by atoms with Crippen molar-refractivity contribution in [1.82, 2.24) is 4.90 Å². The van der Waals surface area contributed by atoms with Crippen LogP contribution in [0.15, 0.2) is 59.8 Å². The fourth-order valence-corrected chi connectivity index (χ4v) is 3.96. The van der Waals surface area contributed by atoms with E-state index in [9.17, 15) is 23.2 Å². The van der Waals surface area contributed by atoms with Crippen molar-refractivity contribution in [3.63, 3.8) is 0 Å². The van der Waals surface area contributed by atoms with E-state index in [2.05, 4.69) is 6.07 Å². The second-order valence-electron chi connectivity index (χ2n) is 7.80. The molecule has 2 unspecified atom stereocenters. The van der Waals surface area contributed by atoms with Gasteiger partial charge in [-0.3, -0.25) is 10.2 Å². The number of nitrogens with one attached hydrogen (secondary N) is 1. The highest BCUT2D eigenvalue weighted by atomic mass is 19.4. The molecule has 1 aliphatic heterocycles. The van der Waals surface area contributed by atoms with Gasteiger partial charge in [-0.25, -0.2) is 0 Å². The topological polar surface area (TPSA) is 95.0 Å². The highest BCUT2D eigenvalue weighted by molar-refractivity contribution is 6.13. The Bertz CT molecular complexity index is 1220. The molecule has 1 aliphatic rings. The zero-order valence-electron chi connectivity index (χ0n) is 18.1. The van der Waals surface area contributed by atoms with Crippen LogP contribution in [0.3, 0.4) is 0 Å². The predicted octanol–water partition coefficient (Wildman–Crippen LogP) is 4.66. The van der Waals surface area contributed by atoms with Gasteiger partial charge in [0.05, 0.1) is 28.8 Å². The number of alkyl halides is 3.